The third-order valence-corrected chi connectivity index (χ3v) is 4.80. The number of nitrogens with one attached hydrogen (secondary N) is 1. The molecule has 2 aromatic heterocycles. The van der Waals surface area contributed by atoms with Crippen LogP contribution in [-0.2, 0) is 12.0 Å². The number of H-pyrrole nitrogens is 1. The van der Waals surface area contributed by atoms with Crippen LogP contribution in [0.1, 0.15) is 61.8 Å². The van der Waals surface area contributed by atoms with Crippen LogP contribution in [0, 0.1) is 0 Å². The van der Waals surface area contributed by atoms with Crippen molar-refractivity contribution >= 4 is 11.6 Å². The number of hydrogen-bond donors (Lipinski definition) is 1. The Balaban J connectivity index is 1.85. The first-order chi connectivity index (χ1) is 10.4. The molecule has 1 aliphatic carbocycles. The molecule has 1 amide bonds. The van der Waals surface area contributed by atoms with Crippen molar-refractivity contribution in [1.29, 1.82) is 0 Å². The second-order valence-corrected chi connectivity index (χ2v) is 7.38. The van der Waals surface area contributed by atoms with Crippen LogP contribution in [0.15, 0.2) is 10.9 Å². The van der Waals surface area contributed by atoms with E-state index in [0.29, 0.717) is 29.5 Å². The van der Waals surface area contributed by atoms with Gasteiger partial charge in [0, 0.05) is 17.5 Å². The first-order valence-electron chi connectivity index (χ1n) is 7.82. The zero-order valence-electron chi connectivity index (χ0n) is 13.1. The Morgan fingerprint density at radius 1 is 1.27 bits per heavy atom. The molecule has 22 heavy (non-hydrogen) atoms. The maximum absolute atomic E-state index is 12.7. The molecule has 0 radical (unpaired) electrons. The van der Waals surface area contributed by atoms with E-state index in [-0.39, 0.29) is 16.9 Å². The zero-order chi connectivity index (χ0) is 15.6. The van der Waals surface area contributed by atoms with Gasteiger partial charge < -0.3 is 9.88 Å². The molecule has 1 N–H and O–H groups in total. The van der Waals surface area contributed by atoms with E-state index in [1.54, 1.807) is 0 Å². The number of amides is 1. The van der Waals surface area contributed by atoms with Crippen LogP contribution in [0.4, 0.5) is 0 Å². The largest absolute Gasteiger partial charge is 0.335 e. The smallest absolute Gasteiger partial charge is 0.280 e. The lowest BCUT2D eigenvalue weighted by molar-refractivity contribution is 0.0602. The second-order valence-electron chi connectivity index (χ2n) is 7.38. The van der Waals surface area contributed by atoms with Gasteiger partial charge in [0.1, 0.15) is 11.3 Å². The van der Waals surface area contributed by atoms with Crippen LogP contribution in [0.25, 0.3) is 5.65 Å². The number of rotatable bonds is 1. The van der Waals surface area contributed by atoms with Gasteiger partial charge in [0.25, 0.3) is 11.5 Å². The van der Waals surface area contributed by atoms with Gasteiger partial charge in [0.2, 0.25) is 0 Å². The van der Waals surface area contributed by atoms with Crippen molar-refractivity contribution in [2.75, 3.05) is 0 Å². The molecule has 116 valence electrons. The standard InChI is InChI=1S/C16H20N4O2/c1-16(2,3)11-7-12-17-13-10(14(21)20(12)18-11)8-19(15(13)22)9-5-4-6-9/h7,9,17H,4-6,8H2,1-3H3. The molecule has 0 spiro atoms. The summed E-state index contributed by atoms with van der Waals surface area (Å²) in [6.45, 7) is 6.57. The second kappa shape index (κ2) is 4.21. The lowest BCUT2D eigenvalue weighted by Crippen LogP contribution is -2.40. The maximum Gasteiger partial charge on any atom is 0.280 e. The fourth-order valence-corrected chi connectivity index (χ4v) is 3.14. The van der Waals surface area contributed by atoms with E-state index in [1.165, 1.54) is 4.52 Å². The highest BCUT2D eigenvalue weighted by molar-refractivity contribution is 5.97. The molecule has 4 rings (SSSR count). The van der Waals surface area contributed by atoms with Crippen LogP contribution in [-0.4, -0.2) is 31.4 Å². The van der Waals surface area contributed by atoms with Gasteiger partial charge in [-0.1, -0.05) is 20.8 Å². The number of nitrogens with zero attached hydrogens (tertiary/aromatic N) is 3. The van der Waals surface area contributed by atoms with Crippen molar-refractivity contribution in [2.45, 2.75) is 58.0 Å². The monoisotopic (exact) mass is 300 g/mol. The van der Waals surface area contributed by atoms with Crippen molar-refractivity contribution in [3.63, 3.8) is 0 Å². The highest BCUT2D eigenvalue weighted by atomic mass is 16.2. The molecule has 3 heterocycles. The van der Waals surface area contributed by atoms with Crippen molar-refractivity contribution in [3.8, 4) is 0 Å². The summed E-state index contributed by atoms with van der Waals surface area (Å²) in [7, 11) is 0. The van der Waals surface area contributed by atoms with Gasteiger partial charge in [0.15, 0.2) is 0 Å². The molecule has 6 heteroatoms. The third-order valence-electron chi connectivity index (χ3n) is 4.80. The van der Waals surface area contributed by atoms with E-state index >= 15 is 0 Å². The molecule has 0 bridgehead atoms. The highest BCUT2D eigenvalue weighted by Crippen LogP contribution is 2.31. The Hall–Kier alpha value is -2.11. The quantitative estimate of drug-likeness (QED) is 0.873. The number of aromatic nitrogens is 3. The van der Waals surface area contributed by atoms with Crippen molar-refractivity contribution in [2.24, 2.45) is 0 Å². The number of fused-ring (bicyclic) bond motifs is 2. The van der Waals surface area contributed by atoms with Crippen LogP contribution in [0.3, 0.4) is 0 Å². The summed E-state index contributed by atoms with van der Waals surface area (Å²) in [5.74, 6) is -0.0437. The summed E-state index contributed by atoms with van der Waals surface area (Å²) < 4.78 is 1.40. The van der Waals surface area contributed by atoms with Gasteiger partial charge in [-0.3, -0.25) is 9.59 Å². The fraction of sp³-hybridized carbons (Fsp3) is 0.562. The van der Waals surface area contributed by atoms with Gasteiger partial charge in [0.05, 0.1) is 17.8 Å². The summed E-state index contributed by atoms with van der Waals surface area (Å²) in [6, 6.07) is 2.16. The molecule has 1 aliphatic heterocycles. The highest BCUT2D eigenvalue weighted by Gasteiger charge is 2.38. The average molecular weight is 300 g/mol. The fourth-order valence-electron chi connectivity index (χ4n) is 3.14. The Kier molecular flexibility index (Phi) is 2.59. The van der Waals surface area contributed by atoms with E-state index in [1.807, 2.05) is 11.0 Å². The van der Waals surface area contributed by atoms with Crippen LogP contribution < -0.4 is 5.56 Å². The molecule has 0 unspecified atom stereocenters. The van der Waals surface area contributed by atoms with Crippen molar-refractivity contribution in [3.05, 3.63) is 33.4 Å². The first kappa shape index (κ1) is 13.5. The first-order valence-corrected chi connectivity index (χ1v) is 7.82. The normalized spacial score (nSPS) is 18.9. The molecule has 6 nitrogen and oxygen atoms in total. The average Bonchev–Trinajstić information content (AvgIpc) is 2.93. The topological polar surface area (TPSA) is 70.5 Å². The summed E-state index contributed by atoms with van der Waals surface area (Å²) in [5.41, 5.74) is 2.12. The van der Waals surface area contributed by atoms with E-state index in [0.717, 1.165) is 25.0 Å². The Morgan fingerprint density at radius 3 is 2.59 bits per heavy atom. The van der Waals surface area contributed by atoms with E-state index in [2.05, 4.69) is 30.9 Å². The molecular weight excluding hydrogens is 280 g/mol. The Labute approximate surface area is 128 Å². The Morgan fingerprint density at radius 2 is 2.00 bits per heavy atom. The number of carbonyl (C=O) groups excluding carboxylic acids is 1. The van der Waals surface area contributed by atoms with E-state index in [4.69, 9.17) is 0 Å². The van der Waals surface area contributed by atoms with Gasteiger partial charge in [-0.15, -0.1) is 0 Å². The minimum Gasteiger partial charge on any atom is -0.335 e. The zero-order valence-corrected chi connectivity index (χ0v) is 13.1. The van der Waals surface area contributed by atoms with E-state index < -0.39 is 0 Å². The van der Waals surface area contributed by atoms with Crippen molar-refractivity contribution in [1.82, 2.24) is 19.5 Å². The Bertz CT molecular complexity index is 836. The lowest BCUT2D eigenvalue weighted by atomic mass is 9.92. The third kappa shape index (κ3) is 1.76. The molecule has 0 atom stereocenters. The van der Waals surface area contributed by atoms with Gasteiger partial charge in [-0.2, -0.15) is 9.61 Å². The lowest BCUT2D eigenvalue weighted by Gasteiger charge is -2.34. The minimum absolute atomic E-state index is 0.0437. The number of carbonyl (C=O) groups is 1. The molecule has 0 saturated heterocycles. The summed E-state index contributed by atoms with van der Waals surface area (Å²) >= 11 is 0. The molecule has 2 aliphatic rings. The van der Waals surface area contributed by atoms with Crippen LogP contribution in [0.5, 0.6) is 0 Å². The molecule has 1 fully saturated rings. The molecule has 2 aromatic rings. The van der Waals surface area contributed by atoms with Crippen molar-refractivity contribution < 1.29 is 4.79 Å². The van der Waals surface area contributed by atoms with Crippen LogP contribution >= 0.6 is 0 Å². The van der Waals surface area contributed by atoms with Gasteiger partial charge in [-0.25, -0.2) is 0 Å². The van der Waals surface area contributed by atoms with Gasteiger partial charge in [-0.05, 0) is 19.3 Å². The van der Waals surface area contributed by atoms with Crippen LogP contribution in [0.2, 0.25) is 0 Å². The van der Waals surface area contributed by atoms with Gasteiger partial charge >= 0.3 is 0 Å². The maximum atomic E-state index is 12.7. The molecule has 1 saturated carbocycles. The summed E-state index contributed by atoms with van der Waals surface area (Å²) in [4.78, 5) is 30.2. The predicted molar refractivity (Wildman–Crippen MR) is 82.0 cm³/mol. The van der Waals surface area contributed by atoms with E-state index in [9.17, 15) is 9.59 Å². The molecular formula is C16H20N4O2. The predicted octanol–water partition coefficient (Wildman–Crippen LogP) is 1.83. The SMILES string of the molecule is CC(C)(C)c1cc2[nH]c3c(c(=O)n2n1)CN(C1CCC1)C3=O. The summed E-state index contributed by atoms with van der Waals surface area (Å²) in [5, 5.41) is 4.43. The minimum atomic E-state index is -0.172. The number of hydrogen-bond acceptors (Lipinski definition) is 3. The number of aromatic amines is 1. The summed E-state index contributed by atoms with van der Waals surface area (Å²) in [6.07, 6.45) is 3.25. The molecule has 0 aromatic carbocycles.